The van der Waals surface area contributed by atoms with Crippen molar-refractivity contribution in [2.45, 2.75) is 10.8 Å². The number of rotatable bonds is 3. The fourth-order valence-corrected chi connectivity index (χ4v) is 2.50. The molecule has 0 atom stereocenters. The molecule has 3 rings (SSSR count). The van der Waals surface area contributed by atoms with Gasteiger partial charge in [0.15, 0.2) is 5.65 Å². The molecule has 0 amide bonds. The van der Waals surface area contributed by atoms with Crippen molar-refractivity contribution in [2.75, 3.05) is 0 Å². The lowest BCUT2D eigenvalue weighted by Gasteiger charge is -2.01. The van der Waals surface area contributed by atoms with Gasteiger partial charge in [-0.1, -0.05) is 35.5 Å². The third-order valence-corrected chi connectivity index (χ3v) is 3.55. The van der Waals surface area contributed by atoms with Crippen LogP contribution in [0.2, 0.25) is 5.02 Å². The Morgan fingerprint density at radius 3 is 3.06 bits per heavy atom. The second-order valence-electron chi connectivity index (χ2n) is 3.62. The van der Waals surface area contributed by atoms with Crippen molar-refractivity contribution in [3.05, 3.63) is 47.0 Å². The van der Waals surface area contributed by atoms with Gasteiger partial charge >= 0.3 is 0 Å². The van der Waals surface area contributed by atoms with E-state index < -0.39 is 0 Å². The predicted octanol–water partition coefficient (Wildman–Crippen LogP) is 2.46. The minimum atomic E-state index is 0.641. The fraction of sp³-hybridized carbons (Fsp3) is 0.0909. The van der Waals surface area contributed by atoms with Crippen molar-refractivity contribution >= 4 is 29.0 Å². The maximum Gasteiger partial charge on any atom is 0.200 e. The van der Waals surface area contributed by atoms with Gasteiger partial charge in [-0.2, -0.15) is 0 Å². The first-order chi connectivity index (χ1) is 8.81. The lowest BCUT2D eigenvalue weighted by Crippen LogP contribution is -1.95. The molecule has 0 fully saturated rings. The molecule has 0 saturated carbocycles. The van der Waals surface area contributed by atoms with Crippen molar-refractivity contribution in [2.24, 2.45) is 0 Å². The number of nitrogens with zero attached hydrogens (tertiary/aromatic N) is 5. The summed E-state index contributed by atoms with van der Waals surface area (Å²) in [6, 6.07) is 11.5. The van der Waals surface area contributed by atoms with Gasteiger partial charge < -0.3 is 0 Å². The summed E-state index contributed by atoms with van der Waals surface area (Å²) < 4.78 is 1.42. The Bertz CT molecular complexity index is 684. The van der Waals surface area contributed by atoms with E-state index in [0.717, 1.165) is 21.4 Å². The van der Waals surface area contributed by atoms with E-state index >= 15 is 0 Å². The molecule has 1 aromatic carbocycles. The van der Waals surface area contributed by atoms with Crippen LogP contribution in [0.25, 0.3) is 5.65 Å². The SMILES string of the molecule is Clc1cccc(CSc2ccc3nnnn3n2)c1. The summed E-state index contributed by atoms with van der Waals surface area (Å²) in [6.07, 6.45) is 0. The molecule has 0 aliphatic heterocycles. The molecule has 0 aliphatic rings. The number of hydrogen-bond donors (Lipinski definition) is 0. The molecular weight excluding hydrogens is 270 g/mol. The highest BCUT2D eigenvalue weighted by atomic mass is 35.5. The summed E-state index contributed by atoms with van der Waals surface area (Å²) in [5.41, 5.74) is 1.80. The summed E-state index contributed by atoms with van der Waals surface area (Å²) in [5, 5.41) is 17.0. The van der Waals surface area contributed by atoms with Gasteiger partial charge in [-0.05, 0) is 40.3 Å². The molecular formula is C11H8ClN5S. The predicted molar refractivity (Wildman–Crippen MR) is 69.6 cm³/mol. The quantitative estimate of drug-likeness (QED) is 0.689. The van der Waals surface area contributed by atoms with E-state index in [-0.39, 0.29) is 0 Å². The van der Waals surface area contributed by atoms with Crippen LogP contribution in [0.3, 0.4) is 0 Å². The molecule has 2 aromatic heterocycles. The normalized spacial score (nSPS) is 10.9. The first-order valence-electron chi connectivity index (χ1n) is 5.24. The van der Waals surface area contributed by atoms with Crippen LogP contribution in [0.4, 0.5) is 0 Å². The summed E-state index contributed by atoms with van der Waals surface area (Å²) >= 11 is 7.55. The number of hydrogen-bond acceptors (Lipinski definition) is 5. The Kier molecular flexibility index (Phi) is 3.12. The molecule has 0 N–H and O–H groups in total. The van der Waals surface area contributed by atoms with Gasteiger partial charge in [0.05, 0.1) is 0 Å². The highest BCUT2D eigenvalue weighted by Crippen LogP contribution is 2.22. The first kappa shape index (κ1) is 11.4. The average molecular weight is 278 g/mol. The largest absolute Gasteiger partial charge is 0.200 e. The van der Waals surface area contributed by atoms with Gasteiger partial charge in [0, 0.05) is 10.8 Å². The van der Waals surface area contributed by atoms with E-state index in [9.17, 15) is 0 Å². The average Bonchev–Trinajstić information content (AvgIpc) is 2.84. The van der Waals surface area contributed by atoms with Crippen LogP contribution in [0.15, 0.2) is 41.4 Å². The zero-order valence-electron chi connectivity index (χ0n) is 9.19. The summed E-state index contributed by atoms with van der Waals surface area (Å²) in [4.78, 5) is 0. The second kappa shape index (κ2) is 4.91. The molecule has 0 aliphatic carbocycles. The van der Waals surface area contributed by atoms with Crippen LogP contribution < -0.4 is 0 Å². The van der Waals surface area contributed by atoms with Gasteiger partial charge in [0.25, 0.3) is 0 Å². The number of tetrazole rings is 1. The molecule has 0 bridgehead atoms. The van der Waals surface area contributed by atoms with Crippen LogP contribution in [0.1, 0.15) is 5.56 Å². The molecule has 2 heterocycles. The Morgan fingerprint density at radius 2 is 2.17 bits per heavy atom. The van der Waals surface area contributed by atoms with Crippen LogP contribution in [0.5, 0.6) is 0 Å². The minimum absolute atomic E-state index is 0.641. The number of fused-ring (bicyclic) bond motifs is 1. The molecule has 0 radical (unpaired) electrons. The first-order valence-corrected chi connectivity index (χ1v) is 6.60. The standard InChI is InChI=1S/C11H8ClN5S/c12-9-3-1-2-8(6-9)7-18-11-5-4-10-13-15-16-17(10)14-11/h1-6H,7H2. The highest BCUT2D eigenvalue weighted by Gasteiger charge is 2.02. The molecule has 5 nitrogen and oxygen atoms in total. The van der Waals surface area contributed by atoms with Crippen LogP contribution in [-0.4, -0.2) is 25.3 Å². The van der Waals surface area contributed by atoms with Gasteiger partial charge in [0.2, 0.25) is 0 Å². The van der Waals surface area contributed by atoms with Crippen molar-refractivity contribution in [1.29, 1.82) is 0 Å². The van der Waals surface area contributed by atoms with Crippen molar-refractivity contribution in [3.63, 3.8) is 0 Å². The fourth-order valence-electron chi connectivity index (χ4n) is 1.49. The monoisotopic (exact) mass is 277 g/mol. The van der Waals surface area contributed by atoms with Crippen LogP contribution >= 0.6 is 23.4 Å². The number of thioether (sulfide) groups is 1. The van der Waals surface area contributed by atoms with Gasteiger partial charge in [-0.3, -0.25) is 0 Å². The molecule has 0 unspecified atom stereocenters. The van der Waals surface area contributed by atoms with Gasteiger partial charge in [0.1, 0.15) is 5.03 Å². The van der Waals surface area contributed by atoms with E-state index in [2.05, 4.69) is 20.6 Å². The van der Waals surface area contributed by atoms with Gasteiger partial charge in [-0.25, -0.2) is 0 Å². The van der Waals surface area contributed by atoms with Crippen LogP contribution in [0, 0.1) is 0 Å². The van der Waals surface area contributed by atoms with Crippen molar-refractivity contribution in [1.82, 2.24) is 25.3 Å². The Labute approximate surface area is 112 Å². The third-order valence-electron chi connectivity index (χ3n) is 2.32. The minimum Gasteiger partial charge on any atom is -0.140 e. The maximum atomic E-state index is 5.93. The maximum absolute atomic E-state index is 5.93. The van der Waals surface area contributed by atoms with E-state index in [1.165, 1.54) is 4.63 Å². The third kappa shape index (κ3) is 2.44. The lowest BCUT2D eigenvalue weighted by molar-refractivity contribution is 0.702. The zero-order valence-corrected chi connectivity index (χ0v) is 10.8. The Hall–Kier alpha value is -1.66. The number of benzene rings is 1. The smallest absolute Gasteiger partial charge is 0.140 e. The van der Waals surface area contributed by atoms with E-state index in [0.29, 0.717) is 5.65 Å². The molecule has 18 heavy (non-hydrogen) atoms. The molecule has 3 aromatic rings. The van der Waals surface area contributed by atoms with E-state index in [1.54, 1.807) is 11.8 Å². The van der Waals surface area contributed by atoms with E-state index in [1.807, 2.05) is 36.4 Å². The van der Waals surface area contributed by atoms with Crippen molar-refractivity contribution in [3.8, 4) is 0 Å². The summed E-state index contributed by atoms with van der Waals surface area (Å²) in [6.45, 7) is 0. The summed E-state index contributed by atoms with van der Waals surface area (Å²) in [7, 11) is 0. The molecule has 90 valence electrons. The summed E-state index contributed by atoms with van der Waals surface area (Å²) in [5.74, 6) is 0.807. The lowest BCUT2D eigenvalue weighted by atomic mass is 10.2. The Balaban J connectivity index is 1.76. The molecule has 0 saturated heterocycles. The second-order valence-corrected chi connectivity index (χ2v) is 5.05. The number of halogens is 1. The number of aromatic nitrogens is 5. The molecule has 7 heteroatoms. The van der Waals surface area contributed by atoms with Crippen LogP contribution in [-0.2, 0) is 5.75 Å². The van der Waals surface area contributed by atoms with E-state index in [4.69, 9.17) is 11.6 Å². The molecule has 0 spiro atoms. The zero-order chi connectivity index (χ0) is 12.4. The van der Waals surface area contributed by atoms with Crippen molar-refractivity contribution < 1.29 is 0 Å². The van der Waals surface area contributed by atoms with Gasteiger partial charge in [-0.15, -0.1) is 14.8 Å². The highest BCUT2D eigenvalue weighted by molar-refractivity contribution is 7.98. The topological polar surface area (TPSA) is 56.0 Å². The Morgan fingerprint density at radius 1 is 1.22 bits per heavy atom.